The molecule has 100 valence electrons. The van der Waals surface area contributed by atoms with E-state index in [-0.39, 0.29) is 10.0 Å². The predicted octanol–water partition coefficient (Wildman–Crippen LogP) is 5.37. The molecule has 2 unspecified atom stereocenters. The van der Waals surface area contributed by atoms with Crippen LogP contribution in [0.5, 0.6) is 0 Å². The summed E-state index contributed by atoms with van der Waals surface area (Å²) in [5.74, 6) is 0.956. The predicted molar refractivity (Wildman–Crippen MR) is 76.0 cm³/mol. The molecule has 18 heavy (non-hydrogen) atoms. The molecule has 0 radical (unpaired) electrons. The van der Waals surface area contributed by atoms with E-state index < -0.39 is 5.82 Å². The van der Waals surface area contributed by atoms with Gasteiger partial charge in [-0.2, -0.15) is 0 Å². The van der Waals surface area contributed by atoms with Crippen molar-refractivity contribution in [2.24, 2.45) is 11.8 Å². The fourth-order valence-electron chi connectivity index (χ4n) is 2.66. The van der Waals surface area contributed by atoms with Crippen LogP contribution in [0.4, 0.5) is 10.1 Å². The van der Waals surface area contributed by atoms with Crippen molar-refractivity contribution >= 4 is 28.9 Å². The van der Waals surface area contributed by atoms with Crippen LogP contribution in [0.2, 0.25) is 10.0 Å². The Bertz CT molecular complexity index is 399. The summed E-state index contributed by atoms with van der Waals surface area (Å²) < 4.78 is 13.3. The molecule has 2 rings (SSSR count). The topological polar surface area (TPSA) is 12.0 Å². The number of hydrogen-bond donors (Lipinski definition) is 1. The molecule has 0 amide bonds. The van der Waals surface area contributed by atoms with Crippen LogP contribution >= 0.6 is 23.2 Å². The Labute approximate surface area is 118 Å². The molecule has 1 nitrogen and oxygen atoms in total. The first-order valence-electron chi connectivity index (χ1n) is 6.44. The molecule has 0 spiro atoms. The SMILES string of the molecule is CC1CCCC(CNc2cc(Cl)c(F)c(Cl)c2)C1. The zero-order valence-corrected chi connectivity index (χ0v) is 12.0. The summed E-state index contributed by atoms with van der Waals surface area (Å²) in [6.45, 7) is 3.21. The van der Waals surface area contributed by atoms with Crippen LogP contribution in [0, 0.1) is 17.7 Å². The van der Waals surface area contributed by atoms with Gasteiger partial charge in [-0.3, -0.25) is 0 Å². The van der Waals surface area contributed by atoms with E-state index in [0.717, 1.165) is 18.2 Å². The smallest absolute Gasteiger partial charge is 0.160 e. The van der Waals surface area contributed by atoms with Gasteiger partial charge in [-0.1, -0.05) is 43.0 Å². The van der Waals surface area contributed by atoms with Gasteiger partial charge in [0.2, 0.25) is 0 Å². The standard InChI is InChI=1S/C14H18Cl2FN/c1-9-3-2-4-10(5-9)8-18-11-6-12(15)14(17)13(16)7-11/h6-7,9-10,18H,2-5,8H2,1H3. The number of benzene rings is 1. The van der Waals surface area contributed by atoms with Gasteiger partial charge in [0.05, 0.1) is 10.0 Å². The average molecular weight is 290 g/mol. The van der Waals surface area contributed by atoms with Crippen LogP contribution in [-0.2, 0) is 0 Å². The fraction of sp³-hybridized carbons (Fsp3) is 0.571. The summed E-state index contributed by atoms with van der Waals surface area (Å²) in [5, 5.41) is 3.45. The third kappa shape index (κ3) is 3.52. The van der Waals surface area contributed by atoms with Crippen molar-refractivity contribution < 1.29 is 4.39 Å². The third-order valence-electron chi connectivity index (χ3n) is 3.62. The number of hydrogen-bond acceptors (Lipinski definition) is 1. The third-order valence-corrected chi connectivity index (χ3v) is 4.17. The van der Waals surface area contributed by atoms with E-state index in [9.17, 15) is 4.39 Å². The van der Waals surface area contributed by atoms with E-state index in [1.165, 1.54) is 25.7 Å². The summed E-state index contributed by atoms with van der Waals surface area (Å²) in [5.41, 5.74) is 0.796. The Kier molecular flexibility index (Phi) is 4.74. The van der Waals surface area contributed by atoms with Crippen molar-refractivity contribution in [1.29, 1.82) is 0 Å². The first-order chi connectivity index (χ1) is 8.56. The quantitative estimate of drug-likeness (QED) is 0.738. The highest BCUT2D eigenvalue weighted by Gasteiger charge is 2.18. The maximum Gasteiger partial charge on any atom is 0.160 e. The highest BCUT2D eigenvalue weighted by molar-refractivity contribution is 6.35. The van der Waals surface area contributed by atoms with Crippen LogP contribution in [0.15, 0.2) is 12.1 Å². The molecule has 1 fully saturated rings. The normalized spacial score (nSPS) is 24.0. The Morgan fingerprint density at radius 1 is 1.28 bits per heavy atom. The highest BCUT2D eigenvalue weighted by atomic mass is 35.5. The summed E-state index contributed by atoms with van der Waals surface area (Å²) >= 11 is 11.5. The molecule has 0 heterocycles. The minimum Gasteiger partial charge on any atom is -0.385 e. The van der Waals surface area contributed by atoms with Crippen LogP contribution in [0.25, 0.3) is 0 Å². The number of rotatable bonds is 3. The summed E-state index contributed by atoms with van der Waals surface area (Å²) in [4.78, 5) is 0. The van der Waals surface area contributed by atoms with Crippen LogP contribution in [-0.4, -0.2) is 6.54 Å². The van der Waals surface area contributed by atoms with E-state index in [0.29, 0.717) is 5.92 Å². The lowest BCUT2D eigenvalue weighted by molar-refractivity contribution is 0.293. The zero-order valence-electron chi connectivity index (χ0n) is 10.5. The van der Waals surface area contributed by atoms with Crippen molar-refractivity contribution in [3.63, 3.8) is 0 Å². The molecule has 0 saturated heterocycles. The first-order valence-corrected chi connectivity index (χ1v) is 7.20. The molecule has 0 bridgehead atoms. The summed E-state index contributed by atoms with van der Waals surface area (Å²) in [6.07, 6.45) is 5.17. The molecule has 0 aliphatic heterocycles. The van der Waals surface area contributed by atoms with Gasteiger partial charge >= 0.3 is 0 Å². The minimum absolute atomic E-state index is 0.0713. The number of anilines is 1. The van der Waals surface area contributed by atoms with Gasteiger partial charge in [0.1, 0.15) is 0 Å². The number of halogens is 3. The van der Waals surface area contributed by atoms with Gasteiger partial charge in [-0.05, 0) is 36.8 Å². The molecule has 0 aromatic heterocycles. The van der Waals surface area contributed by atoms with Gasteiger partial charge in [-0.25, -0.2) is 4.39 Å². The van der Waals surface area contributed by atoms with E-state index in [1.54, 1.807) is 12.1 Å². The van der Waals surface area contributed by atoms with Crippen LogP contribution in [0.1, 0.15) is 32.6 Å². The molecule has 1 saturated carbocycles. The van der Waals surface area contributed by atoms with Gasteiger partial charge < -0.3 is 5.32 Å². The second kappa shape index (κ2) is 6.12. The van der Waals surface area contributed by atoms with Crippen LogP contribution in [0.3, 0.4) is 0 Å². The van der Waals surface area contributed by atoms with Gasteiger partial charge in [-0.15, -0.1) is 0 Å². The van der Waals surface area contributed by atoms with Crippen molar-refractivity contribution in [1.82, 2.24) is 0 Å². The molecular formula is C14H18Cl2FN. The van der Waals surface area contributed by atoms with Crippen molar-refractivity contribution in [2.45, 2.75) is 32.6 Å². The molecule has 4 heteroatoms. The average Bonchev–Trinajstić information content (AvgIpc) is 2.33. The van der Waals surface area contributed by atoms with Gasteiger partial charge in [0, 0.05) is 12.2 Å². The Balaban J connectivity index is 1.94. The lowest BCUT2D eigenvalue weighted by atomic mass is 9.82. The van der Waals surface area contributed by atoms with E-state index >= 15 is 0 Å². The lowest BCUT2D eigenvalue weighted by Gasteiger charge is -2.27. The number of nitrogens with one attached hydrogen (secondary N) is 1. The van der Waals surface area contributed by atoms with Crippen molar-refractivity contribution in [3.8, 4) is 0 Å². The minimum atomic E-state index is -0.546. The molecule has 1 aromatic rings. The second-order valence-electron chi connectivity index (χ2n) is 5.27. The molecule has 1 aliphatic rings. The maximum atomic E-state index is 13.3. The largest absolute Gasteiger partial charge is 0.385 e. The lowest BCUT2D eigenvalue weighted by Crippen LogP contribution is -2.21. The van der Waals surface area contributed by atoms with Gasteiger partial charge in [0.15, 0.2) is 5.82 Å². The molecular weight excluding hydrogens is 272 g/mol. The van der Waals surface area contributed by atoms with Crippen molar-refractivity contribution in [2.75, 3.05) is 11.9 Å². The van der Waals surface area contributed by atoms with E-state index in [1.807, 2.05) is 0 Å². The van der Waals surface area contributed by atoms with E-state index in [2.05, 4.69) is 12.2 Å². The summed E-state index contributed by atoms with van der Waals surface area (Å²) in [7, 11) is 0. The molecule has 1 aromatic carbocycles. The summed E-state index contributed by atoms with van der Waals surface area (Å²) in [6, 6.07) is 3.18. The maximum absolute atomic E-state index is 13.3. The zero-order chi connectivity index (χ0) is 13.1. The molecule has 2 atom stereocenters. The monoisotopic (exact) mass is 289 g/mol. The Morgan fingerprint density at radius 3 is 2.56 bits per heavy atom. The fourth-order valence-corrected chi connectivity index (χ4v) is 3.15. The first kappa shape index (κ1) is 14.0. The second-order valence-corrected chi connectivity index (χ2v) is 6.09. The molecule has 1 N–H and O–H groups in total. The van der Waals surface area contributed by atoms with E-state index in [4.69, 9.17) is 23.2 Å². The van der Waals surface area contributed by atoms with Gasteiger partial charge in [0.25, 0.3) is 0 Å². The Hall–Kier alpha value is -0.470. The molecule has 1 aliphatic carbocycles. The Morgan fingerprint density at radius 2 is 1.94 bits per heavy atom. The van der Waals surface area contributed by atoms with Crippen LogP contribution < -0.4 is 5.32 Å². The highest BCUT2D eigenvalue weighted by Crippen LogP contribution is 2.30. The van der Waals surface area contributed by atoms with Crippen molar-refractivity contribution in [3.05, 3.63) is 28.0 Å².